The van der Waals surface area contributed by atoms with Crippen molar-refractivity contribution < 1.29 is 14.3 Å². The summed E-state index contributed by atoms with van der Waals surface area (Å²) >= 11 is 0. The van der Waals surface area contributed by atoms with Gasteiger partial charge < -0.3 is 9.64 Å². The van der Waals surface area contributed by atoms with E-state index in [-0.39, 0.29) is 17.0 Å². The summed E-state index contributed by atoms with van der Waals surface area (Å²) in [7, 11) is 3.21. The normalized spacial score (nSPS) is 15.0. The van der Waals surface area contributed by atoms with Crippen molar-refractivity contribution >= 4 is 22.8 Å². The quantitative estimate of drug-likeness (QED) is 0.782. The molecule has 2 heterocycles. The highest BCUT2D eigenvalue weighted by molar-refractivity contribution is 5.95. The molecule has 1 amide bonds. The fourth-order valence-corrected chi connectivity index (χ4v) is 3.19. The molecule has 0 N–H and O–H groups in total. The maximum Gasteiger partial charge on any atom is 0.338 e. The van der Waals surface area contributed by atoms with Crippen LogP contribution in [-0.4, -0.2) is 46.5 Å². The first-order valence-corrected chi connectivity index (χ1v) is 8.84. The second kappa shape index (κ2) is 7.27. The summed E-state index contributed by atoms with van der Waals surface area (Å²) in [6.45, 7) is 2.22. The number of likely N-dealkylation sites (N-methyl/N-ethyl adjacent to an activating group) is 1. The van der Waals surface area contributed by atoms with Gasteiger partial charge in [-0.3, -0.25) is 14.2 Å². The lowest BCUT2D eigenvalue weighted by Gasteiger charge is -2.17. The molecule has 3 rings (SSSR count). The molecule has 0 spiro atoms. The summed E-state index contributed by atoms with van der Waals surface area (Å²) in [5.41, 5.74) is 0.702. The van der Waals surface area contributed by atoms with Gasteiger partial charge in [0.1, 0.15) is 5.82 Å². The number of fused-ring (bicyclic) bond motifs is 2. The van der Waals surface area contributed by atoms with Crippen LogP contribution in [0, 0.1) is 0 Å². The van der Waals surface area contributed by atoms with Crippen LogP contribution >= 0.6 is 0 Å². The fraction of sp³-hybridized carbons (Fsp3) is 0.474. The van der Waals surface area contributed by atoms with Crippen molar-refractivity contribution in [3.05, 3.63) is 39.9 Å². The molecule has 0 fully saturated rings. The number of nitrogens with zero attached hydrogens (tertiary/aromatic N) is 3. The molecule has 138 valence electrons. The molecular weight excluding hydrogens is 334 g/mol. The average molecular weight is 357 g/mol. The monoisotopic (exact) mass is 357 g/mol. The average Bonchev–Trinajstić information content (AvgIpc) is 2.86. The Morgan fingerprint density at radius 3 is 2.73 bits per heavy atom. The minimum absolute atomic E-state index is 0.0667. The first-order chi connectivity index (χ1) is 12.4. The number of aryl methyl sites for hydroxylation is 1. The highest BCUT2D eigenvalue weighted by atomic mass is 16.5. The lowest BCUT2D eigenvalue weighted by atomic mass is 10.1. The van der Waals surface area contributed by atoms with E-state index in [1.165, 1.54) is 11.8 Å². The number of hydrogen-bond donors (Lipinski definition) is 0. The molecule has 1 aliphatic heterocycles. The van der Waals surface area contributed by atoms with Gasteiger partial charge in [0, 0.05) is 27.1 Å². The molecule has 1 aliphatic rings. The van der Waals surface area contributed by atoms with Crippen molar-refractivity contribution in [2.45, 2.75) is 45.3 Å². The number of rotatable bonds is 3. The third-order valence-corrected chi connectivity index (χ3v) is 4.62. The van der Waals surface area contributed by atoms with E-state index in [4.69, 9.17) is 4.74 Å². The Bertz CT molecular complexity index is 917. The van der Waals surface area contributed by atoms with Gasteiger partial charge in [-0.15, -0.1) is 0 Å². The summed E-state index contributed by atoms with van der Waals surface area (Å²) in [6, 6.07) is 4.72. The van der Waals surface area contributed by atoms with Crippen LogP contribution < -0.4 is 5.56 Å². The largest absolute Gasteiger partial charge is 0.449 e. The highest BCUT2D eigenvalue weighted by Crippen LogP contribution is 2.17. The van der Waals surface area contributed by atoms with Crippen LogP contribution in [0.1, 0.15) is 42.4 Å². The van der Waals surface area contributed by atoms with Crippen LogP contribution in [0.5, 0.6) is 0 Å². The molecular formula is C19H23N3O4. The molecule has 0 saturated carbocycles. The molecule has 0 bridgehead atoms. The number of carbonyl (C=O) groups excluding carboxylic acids is 2. The Hall–Kier alpha value is -2.70. The van der Waals surface area contributed by atoms with Crippen molar-refractivity contribution in [3.63, 3.8) is 0 Å². The van der Waals surface area contributed by atoms with E-state index in [0.29, 0.717) is 17.4 Å². The van der Waals surface area contributed by atoms with Crippen LogP contribution in [-0.2, 0) is 22.5 Å². The minimum atomic E-state index is -0.876. The predicted molar refractivity (Wildman–Crippen MR) is 97.1 cm³/mol. The maximum absolute atomic E-state index is 12.7. The highest BCUT2D eigenvalue weighted by Gasteiger charge is 2.21. The van der Waals surface area contributed by atoms with Gasteiger partial charge in [0.05, 0.1) is 16.5 Å². The van der Waals surface area contributed by atoms with E-state index in [1.54, 1.807) is 36.9 Å². The summed E-state index contributed by atoms with van der Waals surface area (Å²) in [5.74, 6) is -0.131. The van der Waals surface area contributed by atoms with E-state index < -0.39 is 12.1 Å². The molecule has 26 heavy (non-hydrogen) atoms. The van der Waals surface area contributed by atoms with Gasteiger partial charge in [-0.1, -0.05) is 6.42 Å². The van der Waals surface area contributed by atoms with Crippen molar-refractivity contribution in [2.75, 3.05) is 14.1 Å². The van der Waals surface area contributed by atoms with Crippen LogP contribution in [0.15, 0.2) is 23.0 Å². The summed E-state index contributed by atoms with van der Waals surface area (Å²) in [6.07, 6.45) is 2.94. The van der Waals surface area contributed by atoms with Crippen molar-refractivity contribution in [2.24, 2.45) is 0 Å². The molecule has 1 aromatic carbocycles. The summed E-state index contributed by atoms with van der Waals surface area (Å²) < 4.78 is 6.97. The van der Waals surface area contributed by atoms with E-state index in [1.807, 2.05) is 0 Å². The SMILES string of the molecule is C[C@@H](OC(=O)c1ccc2c(=O)n3c(nc2c1)CCCCC3)C(=O)N(C)C. The number of aromatic nitrogens is 2. The number of esters is 1. The zero-order chi connectivity index (χ0) is 18.8. The van der Waals surface area contributed by atoms with Gasteiger partial charge in [-0.25, -0.2) is 9.78 Å². The van der Waals surface area contributed by atoms with Crippen LogP contribution in [0.2, 0.25) is 0 Å². The molecule has 2 aromatic rings. The molecule has 0 unspecified atom stereocenters. The summed E-state index contributed by atoms with van der Waals surface area (Å²) in [5, 5.41) is 0.490. The first kappa shape index (κ1) is 18.1. The lowest BCUT2D eigenvalue weighted by molar-refractivity contribution is -0.137. The number of benzene rings is 1. The third-order valence-electron chi connectivity index (χ3n) is 4.62. The molecule has 0 radical (unpaired) electrons. The van der Waals surface area contributed by atoms with E-state index in [0.717, 1.165) is 31.5 Å². The first-order valence-electron chi connectivity index (χ1n) is 8.84. The minimum Gasteiger partial charge on any atom is -0.449 e. The van der Waals surface area contributed by atoms with E-state index >= 15 is 0 Å². The lowest BCUT2D eigenvalue weighted by Crippen LogP contribution is -2.34. The fourth-order valence-electron chi connectivity index (χ4n) is 3.19. The number of ether oxygens (including phenoxy) is 1. The molecule has 1 atom stereocenters. The van der Waals surface area contributed by atoms with Gasteiger partial charge in [-0.05, 0) is 38.0 Å². The Morgan fingerprint density at radius 2 is 2.00 bits per heavy atom. The Balaban J connectivity index is 1.93. The van der Waals surface area contributed by atoms with Crippen LogP contribution in [0.25, 0.3) is 10.9 Å². The van der Waals surface area contributed by atoms with Gasteiger partial charge in [0.2, 0.25) is 0 Å². The number of carbonyl (C=O) groups is 2. The number of hydrogen-bond acceptors (Lipinski definition) is 5. The number of amides is 1. The van der Waals surface area contributed by atoms with Crippen LogP contribution in [0.3, 0.4) is 0 Å². The molecule has 7 nitrogen and oxygen atoms in total. The van der Waals surface area contributed by atoms with Crippen LogP contribution in [0.4, 0.5) is 0 Å². The van der Waals surface area contributed by atoms with Crippen molar-refractivity contribution in [1.29, 1.82) is 0 Å². The topological polar surface area (TPSA) is 81.5 Å². The third kappa shape index (κ3) is 3.47. The Kier molecular flexibility index (Phi) is 5.06. The maximum atomic E-state index is 12.7. The van der Waals surface area contributed by atoms with Gasteiger partial charge in [-0.2, -0.15) is 0 Å². The standard InChI is InChI=1S/C19H23N3O4/c1-12(17(23)21(2)3)26-19(25)13-8-9-14-15(11-13)20-16-7-5-4-6-10-22(16)18(14)24/h8-9,11-12H,4-7,10H2,1-3H3/t12-/m1/s1. The molecule has 1 aromatic heterocycles. The van der Waals surface area contributed by atoms with Gasteiger partial charge >= 0.3 is 5.97 Å². The van der Waals surface area contributed by atoms with Crippen molar-refractivity contribution in [1.82, 2.24) is 14.5 Å². The predicted octanol–water partition coefficient (Wildman–Crippen LogP) is 1.76. The Morgan fingerprint density at radius 1 is 1.23 bits per heavy atom. The smallest absolute Gasteiger partial charge is 0.338 e. The van der Waals surface area contributed by atoms with E-state index in [2.05, 4.69) is 4.98 Å². The second-order valence-electron chi connectivity index (χ2n) is 6.81. The van der Waals surface area contributed by atoms with Gasteiger partial charge in [0.25, 0.3) is 11.5 Å². The molecule has 7 heteroatoms. The zero-order valence-electron chi connectivity index (χ0n) is 15.3. The van der Waals surface area contributed by atoms with E-state index in [9.17, 15) is 14.4 Å². The summed E-state index contributed by atoms with van der Waals surface area (Å²) in [4.78, 5) is 42.9. The molecule has 0 aliphatic carbocycles. The molecule has 0 saturated heterocycles. The van der Waals surface area contributed by atoms with Crippen molar-refractivity contribution in [3.8, 4) is 0 Å². The second-order valence-corrected chi connectivity index (χ2v) is 6.81. The zero-order valence-corrected chi connectivity index (χ0v) is 15.3. The Labute approximate surface area is 151 Å². The van der Waals surface area contributed by atoms with Gasteiger partial charge in [0.15, 0.2) is 6.10 Å².